The summed E-state index contributed by atoms with van der Waals surface area (Å²) < 4.78 is 10.6. The lowest BCUT2D eigenvalue weighted by atomic mass is 10.2. The van der Waals surface area contributed by atoms with E-state index in [0.29, 0.717) is 37.7 Å². The number of carbonyl (C=O) groups is 2. The van der Waals surface area contributed by atoms with Crippen LogP contribution in [0.2, 0.25) is 0 Å². The molecule has 24 heavy (non-hydrogen) atoms. The average Bonchev–Trinajstić information content (AvgIpc) is 3.12. The molecule has 2 saturated heterocycles. The summed E-state index contributed by atoms with van der Waals surface area (Å²) in [6.45, 7) is 2.32. The summed E-state index contributed by atoms with van der Waals surface area (Å²) in [7, 11) is 0. The summed E-state index contributed by atoms with van der Waals surface area (Å²) in [6, 6.07) is 6.70. The normalized spacial score (nSPS) is 23.2. The quantitative estimate of drug-likeness (QED) is 0.754. The maximum absolute atomic E-state index is 12.1. The largest absolute Gasteiger partial charge is 0.378 e. The number of amides is 2. The van der Waals surface area contributed by atoms with Crippen LogP contribution < -0.4 is 16.0 Å². The average molecular weight is 356 g/mol. The van der Waals surface area contributed by atoms with Gasteiger partial charge in [-0.15, -0.1) is 12.4 Å². The van der Waals surface area contributed by atoms with Crippen LogP contribution in [-0.4, -0.2) is 50.3 Å². The van der Waals surface area contributed by atoms with Crippen LogP contribution in [0.25, 0.3) is 0 Å². The van der Waals surface area contributed by atoms with E-state index < -0.39 is 0 Å². The number of halogens is 1. The number of benzene rings is 1. The monoisotopic (exact) mass is 355 g/mol. The fourth-order valence-corrected chi connectivity index (χ4v) is 2.61. The van der Waals surface area contributed by atoms with Crippen molar-refractivity contribution in [3.05, 3.63) is 24.3 Å². The van der Waals surface area contributed by atoms with Crippen LogP contribution in [0.4, 0.5) is 11.4 Å². The third kappa shape index (κ3) is 4.91. The maximum Gasteiger partial charge on any atom is 0.253 e. The molecule has 2 atom stereocenters. The molecule has 132 valence electrons. The topological polar surface area (TPSA) is 88.7 Å². The molecule has 2 unspecified atom stereocenters. The van der Waals surface area contributed by atoms with Gasteiger partial charge in [-0.25, -0.2) is 0 Å². The van der Waals surface area contributed by atoms with E-state index in [9.17, 15) is 9.59 Å². The minimum Gasteiger partial charge on any atom is -0.378 e. The first-order valence-electron chi connectivity index (χ1n) is 7.87. The lowest BCUT2D eigenvalue weighted by Gasteiger charge is -2.22. The van der Waals surface area contributed by atoms with Crippen LogP contribution in [-0.2, 0) is 19.1 Å². The van der Waals surface area contributed by atoms with E-state index in [1.54, 1.807) is 24.3 Å². The molecule has 2 aliphatic rings. The molecule has 7 nitrogen and oxygen atoms in total. The Labute approximate surface area is 146 Å². The van der Waals surface area contributed by atoms with Crippen LogP contribution in [0.3, 0.4) is 0 Å². The Hall–Kier alpha value is -1.67. The molecule has 3 rings (SSSR count). The second-order valence-electron chi connectivity index (χ2n) is 5.64. The third-order valence-electron chi connectivity index (χ3n) is 3.88. The van der Waals surface area contributed by atoms with Gasteiger partial charge in [0.15, 0.2) is 0 Å². The van der Waals surface area contributed by atoms with E-state index in [1.165, 1.54) is 0 Å². The summed E-state index contributed by atoms with van der Waals surface area (Å²) in [5.41, 5.74) is 1.36. The highest BCUT2D eigenvalue weighted by Crippen LogP contribution is 2.17. The molecule has 0 aromatic heterocycles. The van der Waals surface area contributed by atoms with Gasteiger partial charge in [0.1, 0.15) is 12.1 Å². The summed E-state index contributed by atoms with van der Waals surface area (Å²) in [6.07, 6.45) is 1.32. The fourth-order valence-electron chi connectivity index (χ4n) is 2.61. The van der Waals surface area contributed by atoms with Gasteiger partial charge in [0.2, 0.25) is 5.91 Å². The number of rotatable bonds is 4. The summed E-state index contributed by atoms with van der Waals surface area (Å²) >= 11 is 0. The van der Waals surface area contributed by atoms with Gasteiger partial charge < -0.3 is 25.4 Å². The smallest absolute Gasteiger partial charge is 0.253 e. The van der Waals surface area contributed by atoms with Gasteiger partial charge >= 0.3 is 0 Å². The molecule has 0 saturated carbocycles. The Bertz CT molecular complexity index is 555. The predicted molar refractivity (Wildman–Crippen MR) is 92.5 cm³/mol. The van der Waals surface area contributed by atoms with Crippen molar-refractivity contribution in [3.8, 4) is 0 Å². The number of ether oxygens (including phenoxy) is 2. The van der Waals surface area contributed by atoms with Crippen molar-refractivity contribution in [1.82, 2.24) is 5.32 Å². The zero-order chi connectivity index (χ0) is 16.1. The first kappa shape index (κ1) is 18.7. The van der Waals surface area contributed by atoms with Gasteiger partial charge in [0, 0.05) is 24.5 Å². The van der Waals surface area contributed by atoms with Gasteiger partial charge in [0.05, 0.1) is 13.2 Å². The van der Waals surface area contributed by atoms with E-state index in [2.05, 4.69) is 16.0 Å². The first-order valence-corrected chi connectivity index (χ1v) is 7.87. The van der Waals surface area contributed by atoms with E-state index in [0.717, 1.165) is 12.8 Å². The maximum atomic E-state index is 12.1. The van der Waals surface area contributed by atoms with Crippen LogP contribution >= 0.6 is 12.4 Å². The molecule has 2 fully saturated rings. The van der Waals surface area contributed by atoms with Gasteiger partial charge in [-0.3, -0.25) is 9.59 Å². The van der Waals surface area contributed by atoms with Crippen molar-refractivity contribution in [2.45, 2.75) is 25.0 Å². The molecular weight excluding hydrogens is 334 g/mol. The van der Waals surface area contributed by atoms with E-state index in [4.69, 9.17) is 9.47 Å². The number of carbonyl (C=O) groups excluding carboxylic acids is 2. The Kier molecular flexibility index (Phi) is 6.99. The van der Waals surface area contributed by atoms with Crippen LogP contribution in [0, 0.1) is 0 Å². The zero-order valence-corrected chi connectivity index (χ0v) is 14.1. The number of hydrogen-bond donors (Lipinski definition) is 3. The van der Waals surface area contributed by atoms with E-state index >= 15 is 0 Å². The van der Waals surface area contributed by atoms with E-state index in [1.807, 2.05) is 0 Å². The van der Waals surface area contributed by atoms with Gasteiger partial charge in [-0.2, -0.15) is 0 Å². The molecule has 1 aromatic carbocycles. The van der Waals surface area contributed by atoms with Crippen molar-refractivity contribution >= 4 is 35.6 Å². The molecule has 0 spiro atoms. The second-order valence-corrected chi connectivity index (χ2v) is 5.64. The highest BCUT2D eigenvalue weighted by molar-refractivity contribution is 5.96. The Morgan fingerprint density at radius 3 is 2.25 bits per heavy atom. The van der Waals surface area contributed by atoms with Gasteiger partial charge in [0.25, 0.3) is 5.91 Å². The van der Waals surface area contributed by atoms with Crippen LogP contribution in [0.5, 0.6) is 0 Å². The molecule has 3 N–H and O–H groups in total. The zero-order valence-electron chi connectivity index (χ0n) is 13.2. The van der Waals surface area contributed by atoms with Crippen molar-refractivity contribution in [2.75, 3.05) is 37.0 Å². The number of morpholine rings is 1. The molecule has 2 aliphatic heterocycles. The SMILES string of the molecule is Cl.O=C(Nc1ccc(NC(=O)C2CCCO2)cc1)C1COCCN1. The highest BCUT2D eigenvalue weighted by atomic mass is 35.5. The van der Waals surface area contributed by atoms with Gasteiger partial charge in [-0.05, 0) is 37.1 Å². The van der Waals surface area contributed by atoms with Crippen LogP contribution in [0.1, 0.15) is 12.8 Å². The molecule has 2 heterocycles. The number of nitrogens with one attached hydrogen (secondary N) is 3. The van der Waals surface area contributed by atoms with Crippen LogP contribution in [0.15, 0.2) is 24.3 Å². The molecule has 2 amide bonds. The first-order chi connectivity index (χ1) is 11.2. The minimum absolute atomic E-state index is 0. The molecule has 1 aromatic rings. The molecular formula is C16H22ClN3O4. The second kappa shape index (κ2) is 8.98. The van der Waals surface area contributed by atoms with Gasteiger partial charge in [-0.1, -0.05) is 0 Å². The highest BCUT2D eigenvalue weighted by Gasteiger charge is 2.24. The Morgan fingerprint density at radius 2 is 1.71 bits per heavy atom. The number of anilines is 2. The summed E-state index contributed by atoms with van der Waals surface area (Å²) in [4.78, 5) is 24.0. The summed E-state index contributed by atoms with van der Waals surface area (Å²) in [5.74, 6) is -0.247. The van der Waals surface area contributed by atoms with Crippen molar-refractivity contribution in [2.24, 2.45) is 0 Å². The van der Waals surface area contributed by atoms with E-state index in [-0.39, 0.29) is 36.4 Å². The Morgan fingerprint density at radius 1 is 1.04 bits per heavy atom. The van der Waals surface area contributed by atoms with Crippen molar-refractivity contribution in [3.63, 3.8) is 0 Å². The summed E-state index contributed by atoms with van der Waals surface area (Å²) in [5, 5.41) is 8.75. The van der Waals surface area contributed by atoms with Crippen molar-refractivity contribution in [1.29, 1.82) is 0 Å². The third-order valence-corrected chi connectivity index (χ3v) is 3.88. The molecule has 0 radical (unpaired) electrons. The Balaban J connectivity index is 0.00000208. The lowest BCUT2D eigenvalue weighted by molar-refractivity contribution is -0.124. The fraction of sp³-hybridized carbons (Fsp3) is 0.500. The van der Waals surface area contributed by atoms with Crippen molar-refractivity contribution < 1.29 is 19.1 Å². The standard InChI is InChI=1S/C16H21N3O4.ClH/c20-15(13-10-22-9-7-17-13)18-11-3-5-12(6-4-11)19-16(21)14-2-1-8-23-14;/h3-6,13-14,17H,1-2,7-10H2,(H,18,20)(H,19,21);1H. The molecule has 0 aliphatic carbocycles. The molecule has 0 bridgehead atoms. The number of hydrogen-bond acceptors (Lipinski definition) is 5. The predicted octanol–water partition coefficient (Wildman–Crippen LogP) is 1.15. The molecule has 8 heteroatoms. The lowest BCUT2D eigenvalue weighted by Crippen LogP contribution is -2.48. The minimum atomic E-state index is -0.355.